The Morgan fingerprint density at radius 3 is 2.52 bits per heavy atom. The Balaban J connectivity index is 2.69. The number of nitrogens with one attached hydrogen (secondary N) is 1. The normalized spacial score (nSPS) is 11.6. The lowest BCUT2D eigenvalue weighted by Gasteiger charge is -2.14. The Labute approximate surface area is 122 Å². The summed E-state index contributed by atoms with van der Waals surface area (Å²) in [5.74, 6) is -2.73. The minimum Gasteiger partial charge on any atom is -0.368 e. The van der Waals surface area contributed by atoms with Crippen LogP contribution < -0.4 is 11.1 Å². The van der Waals surface area contributed by atoms with Crippen molar-refractivity contribution < 1.29 is 18.4 Å². The summed E-state index contributed by atoms with van der Waals surface area (Å²) >= 11 is 0. The Kier molecular flexibility index (Phi) is 6.02. The largest absolute Gasteiger partial charge is 0.368 e. The van der Waals surface area contributed by atoms with Crippen LogP contribution in [0, 0.1) is 11.6 Å². The maximum atomic E-state index is 13.4. The smallest absolute Gasteiger partial charge is 0.240 e. The quantitative estimate of drug-likeness (QED) is 0.786. The number of hydrogen-bond acceptors (Lipinski definition) is 2. The first-order valence-electron chi connectivity index (χ1n) is 6.45. The molecule has 2 amide bonds. The van der Waals surface area contributed by atoms with Gasteiger partial charge in [0, 0.05) is 6.07 Å². The number of primary amides is 1. The summed E-state index contributed by atoms with van der Waals surface area (Å²) in [5.41, 5.74) is 6.25. The summed E-state index contributed by atoms with van der Waals surface area (Å²) in [5, 5.41) is 2.44. The number of hydrogen-bond donors (Lipinski definition) is 2. The highest BCUT2D eigenvalue weighted by Gasteiger charge is 2.18. The van der Waals surface area contributed by atoms with E-state index in [1.807, 2.05) is 13.8 Å². The van der Waals surface area contributed by atoms with Crippen LogP contribution in [0.2, 0.25) is 0 Å². The lowest BCUT2D eigenvalue weighted by atomic mass is 10.1. The molecule has 0 spiro atoms. The predicted molar refractivity (Wildman–Crippen MR) is 75.2 cm³/mol. The van der Waals surface area contributed by atoms with Gasteiger partial charge in [0.25, 0.3) is 0 Å². The topological polar surface area (TPSA) is 72.2 Å². The third-order valence-electron chi connectivity index (χ3n) is 2.81. The molecule has 0 aliphatic heterocycles. The first-order chi connectivity index (χ1) is 9.79. The van der Waals surface area contributed by atoms with Crippen LogP contribution in [0.3, 0.4) is 0 Å². The Bertz CT molecular complexity index is 567. The summed E-state index contributed by atoms with van der Waals surface area (Å²) in [6.07, 6.45) is 1.76. The van der Waals surface area contributed by atoms with E-state index in [1.165, 1.54) is 6.07 Å². The third-order valence-corrected chi connectivity index (χ3v) is 2.81. The average Bonchev–Trinajstić information content (AvgIpc) is 2.37. The maximum absolute atomic E-state index is 13.4. The fraction of sp³-hybridized carbons (Fsp3) is 0.333. The highest BCUT2D eigenvalue weighted by atomic mass is 19.1. The van der Waals surface area contributed by atoms with Crippen LogP contribution in [0.4, 0.5) is 8.78 Å². The van der Waals surface area contributed by atoms with Crippen molar-refractivity contribution in [3.8, 4) is 0 Å². The number of carbonyl (C=O) groups is 2. The second kappa shape index (κ2) is 7.52. The highest BCUT2D eigenvalue weighted by Crippen LogP contribution is 2.10. The van der Waals surface area contributed by atoms with Crippen LogP contribution >= 0.6 is 0 Å². The number of allylic oxidation sites excluding steroid dienone is 1. The SMILES string of the molecule is CC(C)=CC[C@H](NC(=O)Cc1ccc(F)cc1F)C(N)=O. The van der Waals surface area contributed by atoms with E-state index in [0.29, 0.717) is 6.07 Å². The molecule has 0 radical (unpaired) electrons. The summed E-state index contributed by atoms with van der Waals surface area (Å²) in [4.78, 5) is 23.1. The first-order valence-corrected chi connectivity index (χ1v) is 6.45. The number of nitrogens with two attached hydrogens (primary N) is 1. The van der Waals surface area contributed by atoms with Crippen molar-refractivity contribution in [2.75, 3.05) is 0 Å². The number of rotatable bonds is 6. The second-order valence-corrected chi connectivity index (χ2v) is 4.95. The van der Waals surface area contributed by atoms with Crippen LogP contribution in [0.15, 0.2) is 29.8 Å². The van der Waals surface area contributed by atoms with Crippen molar-refractivity contribution in [1.82, 2.24) is 5.32 Å². The fourth-order valence-corrected chi connectivity index (χ4v) is 1.68. The number of benzene rings is 1. The van der Waals surface area contributed by atoms with Gasteiger partial charge >= 0.3 is 0 Å². The van der Waals surface area contributed by atoms with Gasteiger partial charge in [-0.05, 0) is 31.9 Å². The lowest BCUT2D eigenvalue weighted by Crippen LogP contribution is -2.44. The van der Waals surface area contributed by atoms with Crippen molar-refractivity contribution in [1.29, 1.82) is 0 Å². The fourth-order valence-electron chi connectivity index (χ4n) is 1.68. The van der Waals surface area contributed by atoms with Crippen LogP contribution in [0.5, 0.6) is 0 Å². The van der Waals surface area contributed by atoms with Gasteiger partial charge in [-0.3, -0.25) is 9.59 Å². The standard InChI is InChI=1S/C15H18F2N2O2/c1-9(2)3-6-13(15(18)21)19-14(20)7-10-4-5-11(16)8-12(10)17/h3-5,8,13H,6-7H2,1-2H3,(H2,18,21)(H,19,20)/t13-/m0/s1. The molecule has 0 heterocycles. The van der Waals surface area contributed by atoms with E-state index in [0.717, 1.165) is 11.6 Å². The van der Waals surface area contributed by atoms with Gasteiger partial charge in [0.05, 0.1) is 6.42 Å². The molecular formula is C15H18F2N2O2. The number of carbonyl (C=O) groups excluding carboxylic acids is 2. The molecule has 0 saturated heterocycles. The molecular weight excluding hydrogens is 278 g/mol. The Hall–Kier alpha value is -2.24. The molecule has 1 rings (SSSR count). The van der Waals surface area contributed by atoms with Crippen molar-refractivity contribution in [2.24, 2.45) is 5.73 Å². The van der Waals surface area contributed by atoms with Gasteiger partial charge in [-0.1, -0.05) is 17.7 Å². The van der Waals surface area contributed by atoms with Gasteiger partial charge in [-0.2, -0.15) is 0 Å². The molecule has 6 heteroatoms. The number of amides is 2. The van der Waals surface area contributed by atoms with E-state index in [-0.39, 0.29) is 18.4 Å². The number of halogens is 2. The van der Waals surface area contributed by atoms with Crippen LogP contribution in [0.1, 0.15) is 25.8 Å². The minimum atomic E-state index is -0.851. The average molecular weight is 296 g/mol. The summed E-state index contributed by atoms with van der Waals surface area (Å²) < 4.78 is 26.2. The van der Waals surface area contributed by atoms with E-state index in [9.17, 15) is 18.4 Å². The molecule has 0 saturated carbocycles. The zero-order valence-corrected chi connectivity index (χ0v) is 12.0. The van der Waals surface area contributed by atoms with E-state index in [1.54, 1.807) is 6.08 Å². The van der Waals surface area contributed by atoms with Gasteiger partial charge in [-0.25, -0.2) is 8.78 Å². The zero-order chi connectivity index (χ0) is 16.0. The third kappa shape index (κ3) is 5.72. The molecule has 21 heavy (non-hydrogen) atoms. The molecule has 0 aromatic heterocycles. The van der Waals surface area contributed by atoms with Gasteiger partial charge < -0.3 is 11.1 Å². The molecule has 1 aromatic rings. The van der Waals surface area contributed by atoms with Gasteiger partial charge in [0.15, 0.2) is 0 Å². The molecule has 0 bridgehead atoms. The van der Waals surface area contributed by atoms with E-state index in [4.69, 9.17) is 5.73 Å². The van der Waals surface area contributed by atoms with Crippen molar-refractivity contribution in [3.63, 3.8) is 0 Å². The van der Waals surface area contributed by atoms with Crippen LogP contribution in [-0.2, 0) is 16.0 Å². The van der Waals surface area contributed by atoms with Gasteiger partial charge in [0.1, 0.15) is 17.7 Å². The Morgan fingerprint density at radius 1 is 1.33 bits per heavy atom. The predicted octanol–water partition coefficient (Wildman–Crippen LogP) is 1.83. The molecule has 0 aliphatic carbocycles. The first kappa shape index (κ1) is 16.8. The molecule has 0 fully saturated rings. The van der Waals surface area contributed by atoms with Crippen molar-refractivity contribution in [3.05, 3.63) is 47.0 Å². The van der Waals surface area contributed by atoms with Gasteiger partial charge in [0.2, 0.25) is 11.8 Å². The molecule has 1 atom stereocenters. The van der Waals surface area contributed by atoms with Crippen molar-refractivity contribution in [2.45, 2.75) is 32.7 Å². The second-order valence-electron chi connectivity index (χ2n) is 4.95. The molecule has 0 unspecified atom stereocenters. The highest BCUT2D eigenvalue weighted by molar-refractivity contribution is 5.87. The summed E-state index contributed by atoms with van der Waals surface area (Å²) in [7, 11) is 0. The molecule has 3 N–H and O–H groups in total. The monoisotopic (exact) mass is 296 g/mol. The van der Waals surface area contributed by atoms with E-state index >= 15 is 0 Å². The van der Waals surface area contributed by atoms with Crippen LogP contribution in [-0.4, -0.2) is 17.9 Å². The van der Waals surface area contributed by atoms with E-state index in [2.05, 4.69) is 5.32 Å². The molecule has 114 valence electrons. The summed E-state index contributed by atoms with van der Waals surface area (Å²) in [6.45, 7) is 3.71. The molecule has 4 nitrogen and oxygen atoms in total. The van der Waals surface area contributed by atoms with Gasteiger partial charge in [-0.15, -0.1) is 0 Å². The Morgan fingerprint density at radius 2 is 2.00 bits per heavy atom. The molecule has 1 aromatic carbocycles. The van der Waals surface area contributed by atoms with Crippen LogP contribution in [0.25, 0.3) is 0 Å². The van der Waals surface area contributed by atoms with E-state index < -0.39 is 29.5 Å². The van der Waals surface area contributed by atoms with Crippen molar-refractivity contribution >= 4 is 11.8 Å². The minimum absolute atomic E-state index is 0.0549. The maximum Gasteiger partial charge on any atom is 0.240 e. The summed E-state index contributed by atoms with van der Waals surface area (Å²) in [6, 6.07) is 2.12. The molecule has 0 aliphatic rings. The zero-order valence-electron chi connectivity index (χ0n) is 12.0. The lowest BCUT2D eigenvalue weighted by molar-refractivity contribution is -0.126.